The van der Waals surface area contributed by atoms with Crippen LogP contribution in [-0.4, -0.2) is 135 Å². The molecular formula is C37H46F3N11O5S. The Labute approximate surface area is 328 Å². The third-order valence-electron chi connectivity index (χ3n) is 11.8. The molecule has 1 atom stereocenters. The molecule has 3 aromatic rings. The Kier molecular flexibility index (Phi) is 10.7. The van der Waals surface area contributed by atoms with E-state index in [1.807, 2.05) is 18.2 Å². The smallest absolute Gasteiger partial charge is 0.372 e. The Bertz CT molecular complexity index is 2130. The van der Waals surface area contributed by atoms with Crippen LogP contribution in [0.15, 0.2) is 36.8 Å². The van der Waals surface area contributed by atoms with Crippen LogP contribution >= 0.6 is 0 Å². The number of nitrogens with zero attached hydrogens (tertiary/aromatic N) is 9. The van der Waals surface area contributed by atoms with E-state index in [-0.39, 0.29) is 54.6 Å². The van der Waals surface area contributed by atoms with Crippen molar-refractivity contribution in [2.45, 2.75) is 63.3 Å². The number of hydrogen-bond donors (Lipinski definition) is 2. The number of anilines is 2. The van der Waals surface area contributed by atoms with E-state index in [9.17, 15) is 36.0 Å². The summed E-state index contributed by atoms with van der Waals surface area (Å²) in [6.07, 6.45) is 2.33. The molecule has 3 amide bonds. The third-order valence-corrected chi connectivity index (χ3v) is 13.9. The Morgan fingerprint density at radius 3 is 2.30 bits per heavy atom. The van der Waals surface area contributed by atoms with E-state index in [0.29, 0.717) is 63.5 Å². The number of amides is 3. The SMILES string of the molecule is Cn1cc(-c2nc(NC3CCN(S(=O)(=O)N4CCN(CC5CCN(c6ccc7c(c6)CN(C6CCC(=O)NC6=O)C7=O)CC5)CC4)CC3)ncc2C(F)(F)F)cn1. The normalized spacial score (nSPS) is 22.6. The minimum atomic E-state index is -4.64. The van der Waals surface area contributed by atoms with Crippen LogP contribution in [0.2, 0.25) is 0 Å². The molecule has 7 heterocycles. The molecule has 20 heteroatoms. The largest absolute Gasteiger partial charge is 0.419 e. The summed E-state index contributed by atoms with van der Waals surface area (Å²) in [4.78, 5) is 51.5. The van der Waals surface area contributed by atoms with E-state index in [0.717, 1.165) is 49.9 Å². The van der Waals surface area contributed by atoms with E-state index in [4.69, 9.17) is 0 Å². The first-order chi connectivity index (χ1) is 27.2. The maximum atomic E-state index is 13.7. The van der Waals surface area contributed by atoms with Crippen molar-refractivity contribution in [2.75, 3.05) is 69.1 Å². The number of rotatable bonds is 9. The van der Waals surface area contributed by atoms with Crippen LogP contribution in [0.5, 0.6) is 0 Å². The molecule has 0 bridgehead atoms. The number of alkyl halides is 3. The number of hydrogen-bond acceptors (Lipinski definition) is 11. The first-order valence-electron chi connectivity index (χ1n) is 19.4. The van der Waals surface area contributed by atoms with Crippen molar-refractivity contribution in [3.05, 3.63) is 53.5 Å². The lowest BCUT2D eigenvalue weighted by Crippen LogP contribution is -2.55. The molecule has 0 aliphatic carbocycles. The number of carbonyl (C=O) groups excluding carboxylic acids is 3. The second-order valence-electron chi connectivity index (χ2n) is 15.6. The van der Waals surface area contributed by atoms with Crippen molar-refractivity contribution in [3.63, 3.8) is 0 Å². The molecule has 5 aliphatic rings. The predicted octanol–water partition coefficient (Wildman–Crippen LogP) is 2.31. The first kappa shape index (κ1) is 39.2. The predicted molar refractivity (Wildman–Crippen MR) is 202 cm³/mol. The number of nitrogens with one attached hydrogen (secondary N) is 2. The number of halogens is 3. The van der Waals surface area contributed by atoms with Crippen LogP contribution in [0, 0.1) is 5.92 Å². The van der Waals surface area contributed by atoms with Gasteiger partial charge >= 0.3 is 6.18 Å². The van der Waals surface area contributed by atoms with Gasteiger partial charge in [0.05, 0.1) is 11.9 Å². The Hall–Kier alpha value is -4.66. The van der Waals surface area contributed by atoms with Gasteiger partial charge in [-0.1, -0.05) is 0 Å². The lowest BCUT2D eigenvalue weighted by molar-refractivity contribution is -0.138. The number of piperazine rings is 1. The fraction of sp³-hybridized carbons (Fsp3) is 0.568. The van der Waals surface area contributed by atoms with Crippen molar-refractivity contribution < 1.29 is 36.0 Å². The van der Waals surface area contributed by atoms with Crippen LogP contribution < -0.4 is 15.5 Å². The lowest BCUT2D eigenvalue weighted by atomic mass is 9.95. The number of piperidine rings is 3. The van der Waals surface area contributed by atoms with Gasteiger partial charge in [0.2, 0.25) is 17.8 Å². The van der Waals surface area contributed by atoms with Crippen LogP contribution in [-0.2, 0) is 39.6 Å². The average Bonchev–Trinajstić information content (AvgIpc) is 3.77. The van der Waals surface area contributed by atoms with Gasteiger partial charge in [-0.25, -0.2) is 9.97 Å². The van der Waals surface area contributed by atoms with Gasteiger partial charge in [-0.05, 0) is 61.8 Å². The van der Waals surface area contributed by atoms with Crippen molar-refractivity contribution in [2.24, 2.45) is 13.0 Å². The van der Waals surface area contributed by atoms with Gasteiger partial charge in [-0.3, -0.25) is 24.4 Å². The van der Waals surface area contributed by atoms with Gasteiger partial charge in [-0.15, -0.1) is 0 Å². The Morgan fingerprint density at radius 2 is 1.63 bits per heavy atom. The van der Waals surface area contributed by atoms with Gasteiger partial charge in [0.25, 0.3) is 16.1 Å². The van der Waals surface area contributed by atoms with E-state index in [1.54, 1.807) is 16.3 Å². The number of fused-ring (bicyclic) bond motifs is 1. The topological polar surface area (TPSA) is 169 Å². The zero-order valence-electron chi connectivity index (χ0n) is 31.6. The minimum Gasteiger partial charge on any atom is -0.372 e. The summed E-state index contributed by atoms with van der Waals surface area (Å²) in [5.41, 5.74) is 1.53. The highest BCUT2D eigenvalue weighted by Gasteiger charge is 2.40. The second kappa shape index (κ2) is 15.6. The molecule has 2 aromatic heterocycles. The standard InChI is InChI=1S/C37H46F3N11O5S/c1-46-22-26(19-42-46)33-30(37(38,39)40)20-41-36(45-33)43-27-8-12-49(13-9-27)57(55,56)50-16-14-47(15-17-50)21-24-6-10-48(11-7-24)28-2-3-29-25(18-28)23-51(35(29)54)31-4-5-32(52)44-34(31)53/h2-3,18-20,22,24,27,31H,4-17,21,23H2,1H3,(H,41,43,45)(H,44,52,53). The highest BCUT2D eigenvalue weighted by molar-refractivity contribution is 7.86. The molecule has 306 valence electrons. The molecule has 4 saturated heterocycles. The van der Waals surface area contributed by atoms with Crippen LogP contribution in [0.3, 0.4) is 0 Å². The van der Waals surface area contributed by atoms with Crippen molar-refractivity contribution >= 4 is 39.6 Å². The number of aryl methyl sites for hydroxylation is 1. The summed E-state index contributed by atoms with van der Waals surface area (Å²) in [7, 11) is -2.07. The van der Waals surface area contributed by atoms with Gasteiger partial charge in [-0.2, -0.15) is 35.3 Å². The van der Waals surface area contributed by atoms with Gasteiger partial charge in [0.15, 0.2) is 0 Å². The molecule has 1 aromatic carbocycles. The first-order valence-corrected chi connectivity index (χ1v) is 20.8. The minimum absolute atomic E-state index is 0.0472. The van der Waals surface area contributed by atoms with Crippen molar-refractivity contribution in [1.29, 1.82) is 0 Å². The van der Waals surface area contributed by atoms with E-state index < -0.39 is 33.9 Å². The van der Waals surface area contributed by atoms with Crippen LogP contribution in [0.1, 0.15) is 60.0 Å². The molecule has 5 aliphatic heterocycles. The zero-order chi connectivity index (χ0) is 40.1. The third kappa shape index (κ3) is 8.22. The molecule has 0 radical (unpaired) electrons. The molecule has 0 spiro atoms. The van der Waals surface area contributed by atoms with Gasteiger partial charge < -0.3 is 20.0 Å². The fourth-order valence-electron chi connectivity index (χ4n) is 8.64. The number of imide groups is 1. The van der Waals surface area contributed by atoms with E-state index in [2.05, 4.69) is 35.5 Å². The van der Waals surface area contributed by atoms with Crippen molar-refractivity contribution in [1.82, 2.24) is 43.5 Å². The van der Waals surface area contributed by atoms with E-state index >= 15 is 0 Å². The maximum Gasteiger partial charge on any atom is 0.419 e. The maximum absolute atomic E-state index is 13.7. The average molecular weight is 814 g/mol. The summed E-state index contributed by atoms with van der Waals surface area (Å²) in [6.45, 7) is 5.61. The fourth-order valence-corrected chi connectivity index (χ4v) is 10.3. The molecule has 4 fully saturated rings. The number of benzene rings is 1. The molecule has 57 heavy (non-hydrogen) atoms. The summed E-state index contributed by atoms with van der Waals surface area (Å²) >= 11 is 0. The van der Waals surface area contributed by atoms with E-state index in [1.165, 1.54) is 21.4 Å². The number of carbonyl (C=O) groups is 3. The molecule has 0 saturated carbocycles. The summed E-state index contributed by atoms with van der Waals surface area (Å²) < 4.78 is 72.9. The van der Waals surface area contributed by atoms with Crippen molar-refractivity contribution in [3.8, 4) is 11.3 Å². The highest BCUT2D eigenvalue weighted by atomic mass is 32.2. The zero-order valence-corrected chi connectivity index (χ0v) is 32.4. The molecule has 1 unspecified atom stereocenters. The molecule has 8 rings (SSSR count). The number of aromatic nitrogens is 4. The molecular weight excluding hydrogens is 768 g/mol. The monoisotopic (exact) mass is 813 g/mol. The molecule has 2 N–H and O–H groups in total. The van der Waals surface area contributed by atoms with Gasteiger partial charge in [0.1, 0.15) is 11.6 Å². The Balaban J connectivity index is 0.782. The highest BCUT2D eigenvalue weighted by Crippen LogP contribution is 2.37. The van der Waals surface area contributed by atoms with Crippen LogP contribution in [0.4, 0.5) is 24.8 Å². The van der Waals surface area contributed by atoms with Crippen LogP contribution in [0.25, 0.3) is 11.3 Å². The van der Waals surface area contributed by atoms with Gasteiger partial charge in [0, 0.05) is 114 Å². The summed E-state index contributed by atoms with van der Waals surface area (Å²) in [5, 5.41) is 9.43. The second-order valence-corrected chi connectivity index (χ2v) is 17.5. The lowest BCUT2D eigenvalue weighted by Gasteiger charge is -2.41. The quantitative estimate of drug-likeness (QED) is 0.304. The Morgan fingerprint density at radius 1 is 0.912 bits per heavy atom. The molecule has 16 nitrogen and oxygen atoms in total. The summed E-state index contributed by atoms with van der Waals surface area (Å²) in [5.74, 6) is -0.382. The summed E-state index contributed by atoms with van der Waals surface area (Å²) in [6, 6.07) is 5.01.